The van der Waals surface area contributed by atoms with Crippen molar-refractivity contribution in [2.45, 2.75) is 52.0 Å². The van der Waals surface area contributed by atoms with E-state index < -0.39 is 0 Å². The van der Waals surface area contributed by atoms with Gasteiger partial charge in [0.05, 0.1) is 0 Å². The Labute approximate surface area is 118 Å². The molecular weight excluding hydrogens is 260 g/mol. The Balaban J connectivity index is 1.88. The lowest BCUT2D eigenvalue weighted by molar-refractivity contribution is -0.131. The maximum absolute atomic E-state index is 12.2. The third-order valence-corrected chi connectivity index (χ3v) is 4.62. The van der Waals surface area contributed by atoms with Crippen LogP contribution in [0.3, 0.4) is 0 Å². The Kier molecular flexibility index (Phi) is 5.19. The van der Waals surface area contributed by atoms with Crippen molar-refractivity contribution in [2.75, 3.05) is 13.1 Å². The molecule has 0 N–H and O–H groups in total. The van der Waals surface area contributed by atoms with E-state index in [1.165, 1.54) is 30.6 Å². The van der Waals surface area contributed by atoms with Crippen LogP contribution in [0.4, 0.5) is 0 Å². The number of aromatic nitrogens is 1. The lowest BCUT2D eigenvalue weighted by Gasteiger charge is -2.25. The third-order valence-electron chi connectivity index (χ3n) is 3.73. The fourth-order valence-corrected chi connectivity index (χ4v) is 3.30. The zero-order valence-corrected chi connectivity index (χ0v) is 12.4. The fourth-order valence-electron chi connectivity index (χ4n) is 2.54. The molecule has 0 spiro atoms. The number of thiazole rings is 1. The van der Waals surface area contributed by atoms with Crippen LogP contribution in [-0.4, -0.2) is 28.5 Å². The van der Waals surface area contributed by atoms with Gasteiger partial charge in [0, 0.05) is 37.1 Å². The Morgan fingerprint density at radius 1 is 1.21 bits per heavy atom. The molecule has 0 bridgehead atoms. The summed E-state index contributed by atoms with van der Waals surface area (Å²) in [6.07, 6.45) is 6.43. The maximum Gasteiger partial charge on any atom is 0.307 e. The first-order chi connectivity index (χ1) is 9.18. The summed E-state index contributed by atoms with van der Waals surface area (Å²) in [6.45, 7) is 4.20. The summed E-state index contributed by atoms with van der Waals surface area (Å²) in [5.74, 6) is 0.194. The number of aryl methyl sites for hydroxylation is 1. The topological polar surface area (TPSA) is 42.3 Å². The zero-order chi connectivity index (χ0) is 13.7. The Morgan fingerprint density at radius 2 is 1.84 bits per heavy atom. The van der Waals surface area contributed by atoms with Gasteiger partial charge in [-0.3, -0.25) is 9.59 Å². The minimum absolute atomic E-state index is 0.0398. The van der Waals surface area contributed by atoms with Crippen molar-refractivity contribution in [3.8, 4) is 0 Å². The van der Waals surface area contributed by atoms with Gasteiger partial charge in [0.25, 0.3) is 0 Å². The molecule has 4 nitrogen and oxygen atoms in total. The van der Waals surface area contributed by atoms with Gasteiger partial charge < -0.3 is 9.47 Å². The van der Waals surface area contributed by atoms with E-state index in [0.29, 0.717) is 13.0 Å². The minimum atomic E-state index is 0.0398. The summed E-state index contributed by atoms with van der Waals surface area (Å²) in [4.78, 5) is 25.8. The third kappa shape index (κ3) is 3.93. The van der Waals surface area contributed by atoms with Gasteiger partial charge in [-0.15, -0.1) is 0 Å². The van der Waals surface area contributed by atoms with Gasteiger partial charge in [-0.1, -0.05) is 30.6 Å². The van der Waals surface area contributed by atoms with Crippen LogP contribution in [-0.2, 0) is 11.3 Å². The summed E-state index contributed by atoms with van der Waals surface area (Å²) in [5.41, 5.74) is 0.954. The van der Waals surface area contributed by atoms with E-state index in [2.05, 4.69) is 0 Å². The SMILES string of the molecule is Cc1csc(=O)n1CCC(=O)N1CCCCCCC1. The van der Waals surface area contributed by atoms with E-state index in [4.69, 9.17) is 0 Å². The van der Waals surface area contributed by atoms with Crippen LogP contribution < -0.4 is 4.87 Å². The van der Waals surface area contributed by atoms with Crippen molar-refractivity contribution in [1.29, 1.82) is 0 Å². The molecule has 1 aliphatic rings. The van der Waals surface area contributed by atoms with Gasteiger partial charge in [-0.05, 0) is 19.8 Å². The molecule has 0 aliphatic carbocycles. The highest BCUT2D eigenvalue weighted by Crippen LogP contribution is 2.12. The van der Waals surface area contributed by atoms with Crippen molar-refractivity contribution in [3.63, 3.8) is 0 Å². The molecule has 2 heterocycles. The summed E-state index contributed by atoms with van der Waals surface area (Å²) in [7, 11) is 0. The average Bonchev–Trinajstić information content (AvgIpc) is 2.66. The van der Waals surface area contributed by atoms with Gasteiger partial charge in [0.2, 0.25) is 5.91 Å². The van der Waals surface area contributed by atoms with Crippen LogP contribution in [0, 0.1) is 6.92 Å². The van der Waals surface area contributed by atoms with Crippen LogP contribution in [0.15, 0.2) is 10.2 Å². The lowest BCUT2D eigenvalue weighted by atomic mass is 10.1. The Hall–Kier alpha value is -1.10. The second-order valence-electron chi connectivity index (χ2n) is 5.19. The standard InChI is InChI=1S/C14H22N2O2S/c1-12-11-19-14(18)16(12)10-7-13(17)15-8-5-3-2-4-6-9-15/h11H,2-10H2,1H3. The molecule has 0 saturated carbocycles. The summed E-state index contributed by atoms with van der Waals surface area (Å²) in [5, 5.41) is 1.85. The molecule has 1 aromatic heterocycles. The number of rotatable bonds is 3. The van der Waals surface area contributed by atoms with Crippen molar-refractivity contribution in [2.24, 2.45) is 0 Å². The number of nitrogens with zero attached hydrogens (tertiary/aromatic N) is 2. The molecule has 0 radical (unpaired) electrons. The molecule has 106 valence electrons. The molecule has 19 heavy (non-hydrogen) atoms. The maximum atomic E-state index is 12.2. The molecule has 0 aromatic carbocycles. The van der Waals surface area contributed by atoms with Crippen LogP contribution in [0.25, 0.3) is 0 Å². The van der Waals surface area contributed by atoms with Gasteiger partial charge in [-0.2, -0.15) is 0 Å². The van der Waals surface area contributed by atoms with Crippen LogP contribution in [0.2, 0.25) is 0 Å². The summed E-state index contributed by atoms with van der Waals surface area (Å²) in [6, 6.07) is 0. The number of carbonyl (C=O) groups is 1. The quantitative estimate of drug-likeness (QED) is 0.854. The highest BCUT2D eigenvalue weighted by molar-refractivity contribution is 7.07. The average molecular weight is 282 g/mol. The molecule has 1 fully saturated rings. The van der Waals surface area contributed by atoms with Gasteiger partial charge in [0.1, 0.15) is 0 Å². The van der Waals surface area contributed by atoms with E-state index in [0.717, 1.165) is 31.6 Å². The van der Waals surface area contributed by atoms with Crippen LogP contribution in [0.5, 0.6) is 0 Å². The fraction of sp³-hybridized carbons (Fsp3) is 0.714. The Morgan fingerprint density at radius 3 is 2.42 bits per heavy atom. The second-order valence-corrected chi connectivity index (χ2v) is 6.01. The van der Waals surface area contributed by atoms with E-state index >= 15 is 0 Å². The monoisotopic (exact) mass is 282 g/mol. The second kappa shape index (κ2) is 6.89. The predicted molar refractivity (Wildman–Crippen MR) is 77.6 cm³/mol. The molecule has 1 saturated heterocycles. The molecule has 1 aromatic rings. The van der Waals surface area contributed by atoms with Gasteiger partial charge in [0.15, 0.2) is 0 Å². The van der Waals surface area contributed by atoms with Crippen molar-refractivity contribution < 1.29 is 4.79 Å². The van der Waals surface area contributed by atoms with E-state index in [9.17, 15) is 9.59 Å². The van der Waals surface area contributed by atoms with Gasteiger partial charge in [-0.25, -0.2) is 0 Å². The number of amides is 1. The molecular formula is C14H22N2O2S. The Bertz CT molecular complexity index is 470. The van der Waals surface area contributed by atoms with Crippen molar-refractivity contribution in [3.05, 3.63) is 20.7 Å². The summed E-state index contributed by atoms with van der Waals surface area (Å²) < 4.78 is 1.70. The summed E-state index contributed by atoms with van der Waals surface area (Å²) >= 11 is 1.21. The first-order valence-electron chi connectivity index (χ1n) is 7.11. The molecule has 2 rings (SSSR count). The largest absolute Gasteiger partial charge is 0.343 e. The van der Waals surface area contributed by atoms with Crippen LogP contribution >= 0.6 is 11.3 Å². The minimum Gasteiger partial charge on any atom is -0.343 e. The first-order valence-corrected chi connectivity index (χ1v) is 7.99. The van der Waals surface area contributed by atoms with Gasteiger partial charge >= 0.3 is 4.87 Å². The number of hydrogen-bond acceptors (Lipinski definition) is 3. The molecule has 1 aliphatic heterocycles. The van der Waals surface area contributed by atoms with Crippen LogP contribution in [0.1, 0.15) is 44.2 Å². The van der Waals surface area contributed by atoms with E-state index in [-0.39, 0.29) is 10.8 Å². The lowest BCUT2D eigenvalue weighted by Crippen LogP contribution is -2.34. The predicted octanol–water partition coefficient (Wildman–Crippen LogP) is 2.40. The molecule has 1 amide bonds. The highest BCUT2D eigenvalue weighted by Gasteiger charge is 2.15. The van der Waals surface area contributed by atoms with E-state index in [1.54, 1.807) is 4.57 Å². The van der Waals surface area contributed by atoms with Crippen molar-refractivity contribution in [1.82, 2.24) is 9.47 Å². The zero-order valence-electron chi connectivity index (χ0n) is 11.6. The molecule has 0 atom stereocenters. The first kappa shape index (κ1) is 14.3. The van der Waals surface area contributed by atoms with E-state index in [1.807, 2.05) is 17.2 Å². The normalized spacial score (nSPS) is 17.0. The molecule has 5 heteroatoms. The smallest absolute Gasteiger partial charge is 0.307 e. The highest BCUT2D eigenvalue weighted by atomic mass is 32.1. The number of hydrogen-bond donors (Lipinski definition) is 0. The number of likely N-dealkylation sites (tertiary alicyclic amines) is 1. The van der Waals surface area contributed by atoms with Crippen molar-refractivity contribution >= 4 is 17.2 Å². The molecule has 0 unspecified atom stereocenters. The number of carbonyl (C=O) groups excluding carboxylic acids is 1.